The minimum atomic E-state index is 0.878. The van der Waals surface area contributed by atoms with E-state index >= 15 is 0 Å². The molecule has 3 unspecified atom stereocenters. The van der Waals surface area contributed by atoms with Gasteiger partial charge in [0, 0.05) is 12.6 Å². The minimum absolute atomic E-state index is 0.878. The second-order valence-corrected chi connectivity index (χ2v) is 5.33. The first-order valence-corrected chi connectivity index (χ1v) is 6.35. The Morgan fingerprint density at radius 1 is 1.29 bits per heavy atom. The van der Waals surface area contributed by atoms with E-state index in [1.165, 1.54) is 51.5 Å². The lowest BCUT2D eigenvalue weighted by Crippen LogP contribution is -2.31. The molecule has 3 aliphatic carbocycles. The van der Waals surface area contributed by atoms with Crippen LogP contribution in [-0.2, 0) is 0 Å². The summed E-state index contributed by atoms with van der Waals surface area (Å²) in [6.45, 7) is 1.19. The highest BCUT2D eigenvalue weighted by Crippen LogP contribution is 2.51. The number of hydrogen-bond donors (Lipinski definition) is 1. The second-order valence-electron chi connectivity index (χ2n) is 5.33. The van der Waals surface area contributed by atoms with Crippen LogP contribution in [0.15, 0.2) is 11.6 Å². The van der Waals surface area contributed by atoms with E-state index in [0.29, 0.717) is 0 Å². The largest absolute Gasteiger partial charge is 0.310 e. The van der Waals surface area contributed by atoms with Gasteiger partial charge in [-0.1, -0.05) is 11.6 Å². The summed E-state index contributed by atoms with van der Waals surface area (Å²) in [5, 5.41) is 3.77. The quantitative estimate of drug-likeness (QED) is 0.676. The van der Waals surface area contributed by atoms with Crippen molar-refractivity contribution in [3.05, 3.63) is 11.6 Å². The van der Waals surface area contributed by atoms with E-state index in [9.17, 15) is 0 Å². The fraction of sp³-hybridized carbons (Fsp3) is 0.846. The Hall–Kier alpha value is -0.300. The molecule has 2 saturated carbocycles. The van der Waals surface area contributed by atoms with Crippen LogP contribution in [0.3, 0.4) is 0 Å². The summed E-state index contributed by atoms with van der Waals surface area (Å²) in [4.78, 5) is 0. The Morgan fingerprint density at radius 2 is 2.29 bits per heavy atom. The topological polar surface area (TPSA) is 12.0 Å². The van der Waals surface area contributed by atoms with Crippen LogP contribution in [0, 0.1) is 11.8 Å². The first-order chi connectivity index (χ1) is 6.93. The number of rotatable bonds is 3. The summed E-state index contributed by atoms with van der Waals surface area (Å²) in [5.74, 6) is 2.19. The Kier molecular flexibility index (Phi) is 2.36. The molecule has 0 aromatic rings. The van der Waals surface area contributed by atoms with Crippen molar-refractivity contribution < 1.29 is 0 Å². The summed E-state index contributed by atoms with van der Waals surface area (Å²) in [6, 6.07) is 0.878. The van der Waals surface area contributed by atoms with Crippen molar-refractivity contribution in [2.45, 2.75) is 51.0 Å². The third kappa shape index (κ3) is 1.75. The first-order valence-electron chi connectivity index (χ1n) is 6.35. The molecule has 2 fully saturated rings. The van der Waals surface area contributed by atoms with Crippen LogP contribution in [0.2, 0.25) is 0 Å². The summed E-state index contributed by atoms with van der Waals surface area (Å²) < 4.78 is 0. The molecule has 1 heteroatoms. The van der Waals surface area contributed by atoms with Crippen molar-refractivity contribution in [1.82, 2.24) is 5.32 Å². The molecule has 78 valence electrons. The second kappa shape index (κ2) is 3.69. The number of hydrogen-bond acceptors (Lipinski definition) is 1. The zero-order valence-electron chi connectivity index (χ0n) is 8.97. The molecule has 3 aliphatic rings. The molecule has 0 spiro atoms. The molecule has 3 atom stereocenters. The Morgan fingerprint density at radius 3 is 2.93 bits per heavy atom. The molecule has 1 N–H and O–H groups in total. The fourth-order valence-corrected chi connectivity index (χ4v) is 3.28. The first kappa shape index (κ1) is 8.96. The van der Waals surface area contributed by atoms with Crippen molar-refractivity contribution in [2.75, 3.05) is 6.54 Å². The van der Waals surface area contributed by atoms with Crippen molar-refractivity contribution >= 4 is 0 Å². The lowest BCUT2D eigenvalue weighted by molar-refractivity contribution is 0.487. The van der Waals surface area contributed by atoms with Crippen LogP contribution >= 0.6 is 0 Å². The highest BCUT2D eigenvalue weighted by molar-refractivity contribution is 5.09. The summed E-state index contributed by atoms with van der Waals surface area (Å²) in [7, 11) is 0. The van der Waals surface area contributed by atoms with E-state index < -0.39 is 0 Å². The van der Waals surface area contributed by atoms with Crippen LogP contribution in [-0.4, -0.2) is 12.6 Å². The maximum absolute atomic E-state index is 3.77. The molecule has 1 nitrogen and oxygen atoms in total. The lowest BCUT2D eigenvalue weighted by Gasteiger charge is -2.18. The van der Waals surface area contributed by atoms with E-state index in [4.69, 9.17) is 0 Å². The average Bonchev–Trinajstić information content (AvgIpc) is 2.92. The van der Waals surface area contributed by atoms with Gasteiger partial charge in [0.1, 0.15) is 0 Å². The molecule has 0 bridgehead atoms. The van der Waals surface area contributed by atoms with Crippen LogP contribution in [0.5, 0.6) is 0 Å². The molecule has 0 aromatic carbocycles. The van der Waals surface area contributed by atoms with Crippen molar-refractivity contribution in [1.29, 1.82) is 0 Å². The predicted molar refractivity (Wildman–Crippen MR) is 59.2 cm³/mol. The lowest BCUT2D eigenvalue weighted by atomic mass is 9.99. The number of allylic oxidation sites excluding steroid dienone is 1. The van der Waals surface area contributed by atoms with Crippen molar-refractivity contribution in [3.8, 4) is 0 Å². The maximum Gasteiger partial charge on any atom is 0.0167 e. The summed E-state index contributed by atoms with van der Waals surface area (Å²) in [6.07, 6.45) is 12.5. The highest BCUT2D eigenvalue weighted by atomic mass is 14.9. The van der Waals surface area contributed by atoms with E-state index in [0.717, 1.165) is 17.9 Å². The molecule has 0 amide bonds. The van der Waals surface area contributed by atoms with E-state index in [1.54, 1.807) is 5.57 Å². The molecule has 14 heavy (non-hydrogen) atoms. The molecular weight excluding hydrogens is 170 g/mol. The summed E-state index contributed by atoms with van der Waals surface area (Å²) >= 11 is 0. The van der Waals surface area contributed by atoms with Gasteiger partial charge in [0.15, 0.2) is 0 Å². The summed E-state index contributed by atoms with van der Waals surface area (Å²) in [5.41, 5.74) is 1.68. The smallest absolute Gasteiger partial charge is 0.0167 e. The number of fused-ring (bicyclic) bond motifs is 1. The van der Waals surface area contributed by atoms with Crippen LogP contribution in [0.25, 0.3) is 0 Å². The zero-order valence-corrected chi connectivity index (χ0v) is 8.97. The normalized spacial score (nSPS) is 40.6. The van der Waals surface area contributed by atoms with E-state index in [1.807, 2.05) is 0 Å². The standard InChI is InChI=1S/C13H21N/c1-2-4-10(5-3-1)9-14-13-7-6-11-8-12(11)13/h4,11-14H,1-3,5-9H2. The number of nitrogens with one attached hydrogen (secondary N) is 1. The van der Waals surface area contributed by atoms with Gasteiger partial charge in [-0.25, -0.2) is 0 Å². The molecule has 0 heterocycles. The van der Waals surface area contributed by atoms with Gasteiger partial charge in [0.25, 0.3) is 0 Å². The third-order valence-corrected chi connectivity index (χ3v) is 4.32. The van der Waals surface area contributed by atoms with Gasteiger partial charge in [0.2, 0.25) is 0 Å². The van der Waals surface area contributed by atoms with Gasteiger partial charge in [-0.2, -0.15) is 0 Å². The predicted octanol–water partition coefficient (Wildman–Crippen LogP) is 2.87. The van der Waals surface area contributed by atoms with Gasteiger partial charge in [0.05, 0.1) is 0 Å². The zero-order chi connectivity index (χ0) is 9.38. The SMILES string of the molecule is C1=C(CNC2CCC3CC32)CCCC1. The monoisotopic (exact) mass is 191 g/mol. The van der Waals surface area contributed by atoms with Crippen LogP contribution in [0.1, 0.15) is 44.9 Å². The minimum Gasteiger partial charge on any atom is -0.310 e. The van der Waals surface area contributed by atoms with Gasteiger partial charge in [-0.3, -0.25) is 0 Å². The highest BCUT2D eigenvalue weighted by Gasteiger charge is 2.47. The molecule has 0 aliphatic heterocycles. The molecular formula is C13H21N. The van der Waals surface area contributed by atoms with Crippen molar-refractivity contribution in [3.63, 3.8) is 0 Å². The average molecular weight is 191 g/mol. The Balaban J connectivity index is 1.46. The van der Waals surface area contributed by atoms with Gasteiger partial charge in [-0.05, 0) is 56.8 Å². The van der Waals surface area contributed by atoms with Crippen molar-refractivity contribution in [2.24, 2.45) is 11.8 Å². The van der Waals surface area contributed by atoms with Crippen LogP contribution in [0.4, 0.5) is 0 Å². The van der Waals surface area contributed by atoms with E-state index in [-0.39, 0.29) is 0 Å². The Labute approximate surface area is 87.0 Å². The molecule has 0 aromatic heterocycles. The Bertz CT molecular complexity index is 244. The fourth-order valence-electron chi connectivity index (χ4n) is 3.28. The van der Waals surface area contributed by atoms with E-state index in [2.05, 4.69) is 11.4 Å². The van der Waals surface area contributed by atoms with Crippen LogP contribution < -0.4 is 5.32 Å². The third-order valence-electron chi connectivity index (χ3n) is 4.32. The molecule has 0 radical (unpaired) electrons. The van der Waals surface area contributed by atoms with Gasteiger partial charge in [-0.15, -0.1) is 0 Å². The molecule has 3 rings (SSSR count). The maximum atomic E-state index is 3.77. The van der Waals surface area contributed by atoms with Gasteiger partial charge < -0.3 is 5.32 Å². The molecule has 0 saturated heterocycles. The van der Waals surface area contributed by atoms with Gasteiger partial charge >= 0.3 is 0 Å².